The molecule has 0 bridgehead atoms. The maximum absolute atomic E-state index is 14.8. The summed E-state index contributed by atoms with van der Waals surface area (Å²) in [7, 11) is 0. The minimum atomic E-state index is -1.74. The molecule has 0 unspecified atom stereocenters. The zero-order valence-electron chi connectivity index (χ0n) is 61.4. The molecule has 108 heavy (non-hydrogen) atoms. The van der Waals surface area contributed by atoms with Gasteiger partial charge in [-0.25, -0.2) is 0 Å². The van der Waals surface area contributed by atoms with Gasteiger partial charge in [0.05, 0.1) is 18.7 Å². The number of rotatable bonds is 45. The summed E-state index contributed by atoms with van der Waals surface area (Å²) in [4.78, 5) is 201. The van der Waals surface area contributed by atoms with Gasteiger partial charge in [0.1, 0.15) is 66.2 Å². The summed E-state index contributed by atoms with van der Waals surface area (Å²) in [6.45, 7) is 7.29. The van der Waals surface area contributed by atoms with Crippen LogP contribution in [0.2, 0.25) is 0 Å². The summed E-state index contributed by atoms with van der Waals surface area (Å²) in [5, 5.41) is 47.7. The average Bonchev–Trinajstić information content (AvgIpc) is 1.81. The third-order valence-electron chi connectivity index (χ3n) is 18.0. The minimum Gasteiger partial charge on any atom is -0.508 e. The Kier molecular flexibility index (Phi) is 35.1. The van der Waals surface area contributed by atoms with Crippen molar-refractivity contribution < 1.29 is 77.3 Å². The van der Waals surface area contributed by atoms with Crippen LogP contribution in [0.1, 0.15) is 122 Å². The molecule has 1 aromatic heterocycles. The van der Waals surface area contributed by atoms with E-state index in [4.69, 9.17) is 40.1 Å². The number of nitrogens with zero attached hydrogens (tertiary/aromatic N) is 2. The fourth-order valence-electron chi connectivity index (χ4n) is 12.0. The first-order chi connectivity index (χ1) is 51.2. The van der Waals surface area contributed by atoms with Crippen molar-refractivity contribution in [1.82, 2.24) is 63.1 Å². The molecule has 0 aliphatic carbocycles. The number of H-pyrrole nitrogens is 1. The highest BCUT2D eigenvalue weighted by Gasteiger charge is 2.41. The average molecular weight is 1510 g/mol. The first-order valence-electron chi connectivity index (χ1n) is 35.9. The highest BCUT2D eigenvalue weighted by molar-refractivity contribution is 6.00. The number of carbonyl (C=O) groups excluding carboxylic acids is 14. The van der Waals surface area contributed by atoms with Gasteiger partial charge in [0, 0.05) is 62.3 Å². The lowest BCUT2D eigenvalue weighted by molar-refractivity contribution is -0.143. The lowest BCUT2D eigenvalue weighted by atomic mass is 9.99. The van der Waals surface area contributed by atoms with Crippen molar-refractivity contribution in [3.63, 3.8) is 0 Å². The Morgan fingerprint density at radius 2 is 1.04 bits per heavy atom. The van der Waals surface area contributed by atoms with E-state index in [1.165, 1.54) is 36.1 Å². The van der Waals surface area contributed by atoms with Crippen LogP contribution in [-0.2, 0) is 86.4 Å². The monoisotopic (exact) mass is 1510 g/mol. The lowest BCUT2D eigenvalue weighted by Crippen LogP contribution is -2.62. The van der Waals surface area contributed by atoms with Gasteiger partial charge in [-0.15, -0.1) is 0 Å². The zero-order valence-corrected chi connectivity index (χ0v) is 61.4. The van der Waals surface area contributed by atoms with Crippen molar-refractivity contribution in [1.29, 1.82) is 0 Å². The van der Waals surface area contributed by atoms with Gasteiger partial charge >= 0.3 is 0 Å². The van der Waals surface area contributed by atoms with Crippen LogP contribution in [0.15, 0.2) is 90.1 Å². The van der Waals surface area contributed by atoms with Crippen LogP contribution in [0.25, 0.3) is 10.9 Å². The third-order valence-corrected chi connectivity index (χ3v) is 18.0. The number of nitrogens with two attached hydrogens (primary N) is 7. The molecular weight excluding hydrogens is 1400 g/mol. The number of hydrogen-bond donors (Lipinski definition) is 20. The molecule has 1 fully saturated rings. The number of aromatic hydroxyl groups is 1. The molecule has 36 nitrogen and oxygen atoms in total. The molecule has 12 atom stereocenters. The largest absolute Gasteiger partial charge is 0.508 e. The number of nitrogens with one attached hydrogen (secondary N) is 11. The van der Waals surface area contributed by atoms with Gasteiger partial charge in [0.15, 0.2) is 5.96 Å². The first kappa shape index (κ1) is 87.4. The third kappa shape index (κ3) is 28.2. The number of carbonyl (C=O) groups is 14. The first-order valence-corrected chi connectivity index (χ1v) is 35.9. The molecule has 1 aliphatic rings. The molecule has 1 saturated heterocycles. The fourth-order valence-corrected chi connectivity index (χ4v) is 12.0. The van der Waals surface area contributed by atoms with Gasteiger partial charge in [0.2, 0.25) is 82.7 Å². The summed E-state index contributed by atoms with van der Waals surface area (Å²) >= 11 is 0. The SMILES string of the molecule is CC(C)[C@H](NC(=O)[C@@H](NC(=O)[C@H](Cc1ccccc1)NC(=O)[C@H](CCCCN)NC(=O)CNC(=O)[C@H]1CCCN1C(=O)[C@@H](NC(=O)[C@H](Cc1ccc(O)cc1)NC(=O)[C@H](CCC(N)=O)NC(=O)[C@H](Cc1c[nH]c2ccccc12)NC(=O)[C@@H](N)CCCN=C(N)N)C(C)C)[C@@H](C)O)C(=O)N[C@@H](CCC(N)=O)C(N)=O. The Balaban J connectivity index is 1.32. The minimum absolute atomic E-state index is 0.0197. The molecule has 2 heterocycles. The second kappa shape index (κ2) is 43.4. The van der Waals surface area contributed by atoms with Gasteiger partial charge < -0.3 is 113 Å². The number of para-hydroxylation sites is 1. The molecule has 0 radical (unpaired) electrons. The van der Waals surface area contributed by atoms with Crippen molar-refractivity contribution in [2.24, 2.45) is 57.0 Å². The number of amides is 14. The van der Waals surface area contributed by atoms with Crippen LogP contribution in [0.3, 0.4) is 0 Å². The molecule has 0 saturated carbocycles. The molecule has 5 rings (SSSR count). The zero-order chi connectivity index (χ0) is 79.9. The lowest BCUT2D eigenvalue weighted by Gasteiger charge is -2.32. The number of hydrogen-bond acceptors (Lipinski definition) is 19. The molecule has 4 aromatic rings. The summed E-state index contributed by atoms with van der Waals surface area (Å²) in [5.74, 6) is -13.7. The van der Waals surface area contributed by atoms with Crippen molar-refractivity contribution in [3.05, 3.63) is 102 Å². The van der Waals surface area contributed by atoms with E-state index in [1.54, 1.807) is 82.4 Å². The van der Waals surface area contributed by atoms with Gasteiger partial charge in [-0.2, -0.15) is 0 Å². The highest BCUT2D eigenvalue weighted by atomic mass is 16.3. The van der Waals surface area contributed by atoms with Crippen LogP contribution in [0.4, 0.5) is 0 Å². The van der Waals surface area contributed by atoms with Gasteiger partial charge in [-0.05, 0) is 118 Å². The van der Waals surface area contributed by atoms with Crippen LogP contribution in [0.5, 0.6) is 5.75 Å². The van der Waals surface area contributed by atoms with E-state index in [1.807, 2.05) is 6.07 Å². The second-order valence-electron chi connectivity index (χ2n) is 27.4. The maximum Gasteiger partial charge on any atom is 0.246 e. The van der Waals surface area contributed by atoms with E-state index in [0.29, 0.717) is 42.4 Å². The predicted octanol–water partition coefficient (Wildman–Crippen LogP) is -4.41. The number of aliphatic imine (C=N–C) groups is 1. The van der Waals surface area contributed by atoms with Crippen molar-refractivity contribution in [3.8, 4) is 5.75 Å². The van der Waals surface area contributed by atoms with E-state index in [0.717, 1.165) is 10.9 Å². The summed E-state index contributed by atoms with van der Waals surface area (Å²) in [6.07, 6.45) is -0.293. The summed E-state index contributed by atoms with van der Waals surface area (Å²) in [6, 6.07) is 5.83. The summed E-state index contributed by atoms with van der Waals surface area (Å²) < 4.78 is 0. The Bertz CT molecular complexity index is 3790. The number of aliphatic hydroxyl groups is 1. The standard InChI is InChI=1S/C72H106N20O16/c1-38(2)58(69(106)84-48(61(77)98)26-28-55(75)95)89-70(107)60(40(5)93)91-67(104)51(33-41-15-7-6-8-16-41)87-63(100)49(20-11-12-30-73)83-57(97)37-82-68(105)54-21-14-32-92(54)71(108)59(39(3)4)90-66(103)52(34-42-22-24-44(94)25-23-42)88-64(101)50(27-29-56(76)96)85-65(102)53(35-43-36-81-47-19-10-9-17-45(43)47)86-62(99)46(74)18-13-31-80-72(78)79/h6-10,15-17,19,22-25,36,38-40,46,48-54,58-60,81,93-94H,11-14,18,20-21,26-35,37,73-74H2,1-5H3,(H2,75,95)(H2,76,96)(H2,77,98)(H,82,105)(H,83,97)(H,84,106)(H,85,102)(H,86,99)(H,87,100)(H,88,101)(H,89,107)(H,90,103)(H,91,104)(H4,78,79,80)/t40-,46+,48+,49+,50+,51+,52+,53+,54-,58+,59+,60+/m1/s1. The van der Waals surface area contributed by atoms with Gasteiger partial charge in [0.25, 0.3) is 0 Å². The topological polar surface area (TPSA) is 613 Å². The van der Waals surface area contributed by atoms with E-state index in [-0.39, 0.29) is 89.1 Å². The van der Waals surface area contributed by atoms with E-state index < -0.39 is 180 Å². The van der Waals surface area contributed by atoms with Crippen LogP contribution < -0.4 is 93.3 Å². The smallest absolute Gasteiger partial charge is 0.246 e. The van der Waals surface area contributed by atoms with E-state index >= 15 is 0 Å². The molecular formula is C72H106N20O16. The highest BCUT2D eigenvalue weighted by Crippen LogP contribution is 2.23. The summed E-state index contributed by atoms with van der Waals surface area (Å²) in [5.41, 5.74) is 41.5. The number of phenols is 1. The molecule has 27 N–H and O–H groups in total. The molecule has 590 valence electrons. The van der Waals surface area contributed by atoms with Crippen LogP contribution in [-0.4, -0.2) is 208 Å². The Morgan fingerprint density at radius 3 is 1.61 bits per heavy atom. The number of guanidine groups is 1. The van der Waals surface area contributed by atoms with E-state index in [9.17, 15) is 77.3 Å². The quantitative estimate of drug-likeness (QED) is 0.0113. The number of phenolic OH excluding ortho intramolecular Hbond substituents is 1. The van der Waals surface area contributed by atoms with Crippen LogP contribution >= 0.6 is 0 Å². The fraction of sp³-hybridized carbons (Fsp3) is 0.514. The molecule has 3 aromatic carbocycles. The Labute approximate surface area is 625 Å². The molecule has 36 heteroatoms. The Hall–Kier alpha value is -11.3. The van der Waals surface area contributed by atoms with Crippen molar-refractivity contribution in [2.75, 3.05) is 26.2 Å². The number of likely N-dealkylation sites (tertiary alicyclic amines) is 1. The molecule has 0 spiro atoms. The molecule has 14 amide bonds. The number of aliphatic hydroxyl groups excluding tert-OH is 1. The number of benzene rings is 3. The normalized spacial score (nSPS) is 15.7. The number of aromatic nitrogens is 1. The second-order valence-corrected chi connectivity index (χ2v) is 27.4. The maximum atomic E-state index is 14.8. The van der Waals surface area contributed by atoms with Gasteiger partial charge in [-0.3, -0.25) is 72.1 Å². The molecule has 1 aliphatic heterocycles. The van der Waals surface area contributed by atoms with Crippen molar-refractivity contribution >= 4 is 99.6 Å². The number of primary amides is 3. The van der Waals surface area contributed by atoms with Crippen LogP contribution in [0, 0.1) is 11.8 Å². The van der Waals surface area contributed by atoms with E-state index in [2.05, 4.69) is 63.1 Å². The van der Waals surface area contributed by atoms with Gasteiger partial charge in [-0.1, -0.05) is 88.4 Å². The number of fused-ring (bicyclic) bond motifs is 1. The number of aromatic amines is 1. The number of unbranched alkanes of at least 4 members (excludes halogenated alkanes) is 1. The predicted molar refractivity (Wildman–Crippen MR) is 397 cm³/mol. The van der Waals surface area contributed by atoms with Crippen molar-refractivity contribution in [2.45, 2.75) is 197 Å². The Morgan fingerprint density at radius 1 is 0.537 bits per heavy atom.